The summed E-state index contributed by atoms with van der Waals surface area (Å²) in [5, 5.41) is 5.55. The van der Waals surface area contributed by atoms with Gasteiger partial charge < -0.3 is 5.32 Å². The summed E-state index contributed by atoms with van der Waals surface area (Å²) in [6, 6.07) is 24.0. The third-order valence-electron chi connectivity index (χ3n) is 3.15. The van der Waals surface area contributed by atoms with E-state index in [1.54, 1.807) is 0 Å². The first-order valence-electron chi connectivity index (χ1n) is 6.71. The predicted molar refractivity (Wildman–Crippen MR) is 88.4 cm³/mol. The third-order valence-corrected chi connectivity index (χ3v) is 3.15. The smallest absolute Gasteiger partial charge is 0.215 e. The standard InChI is InChI=1S/C17H16N4/c18-21-17(19-15-8-2-1-3-9-15)20-16-11-10-13-6-4-5-7-14(13)12-16/h1-12H,18H2,(H2,19,20,21). The molecule has 0 aliphatic carbocycles. The van der Waals surface area contributed by atoms with Gasteiger partial charge in [0.15, 0.2) is 0 Å². The second-order valence-electron chi connectivity index (χ2n) is 4.63. The number of rotatable bonds is 2. The zero-order valence-corrected chi connectivity index (χ0v) is 11.5. The summed E-state index contributed by atoms with van der Waals surface area (Å²) in [6.07, 6.45) is 0. The van der Waals surface area contributed by atoms with Crippen molar-refractivity contribution < 1.29 is 0 Å². The number of hydrogen-bond acceptors (Lipinski definition) is 2. The number of guanidine groups is 1. The molecule has 4 heteroatoms. The van der Waals surface area contributed by atoms with Crippen molar-refractivity contribution in [2.45, 2.75) is 0 Å². The molecule has 0 aromatic heterocycles. The normalized spacial score (nSPS) is 11.4. The maximum absolute atomic E-state index is 5.54. The largest absolute Gasteiger partial charge is 0.325 e. The van der Waals surface area contributed by atoms with Crippen molar-refractivity contribution in [2.24, 2.45) is 10.8 Å². The van der Waals surface area contributed by atoms with Crippen LogP contribution in [0.4, 0.5) is 11.4 Å². The Morgan fingerprint density at radius 3 is 2.29 bits per heavy atom. The number of para-hydroxylation sites is 1. The predicted octanol–water partition coefficient (Wildman–Crippen LogP) is 3.40. The zero-order valence-electron chi connectivity index (χ0n) is 11.5. The monoisotopic (exact) mass is 276 g/mol. The molecule has 3 aromatic rings. The van der Waals surface area contributed by atoms with Gasteiger partial charge in [-0.1, -0.05) is 48.5 Å². The van der Waals surface area contributed by atoms with Crippen LogP contribution in [0.1, 0.15) is 0 Å². The number of anilines is 1. The van der Waals surface area contributed by atoms with E-state index in [-0.39, 0.29) is 0 Å². The molecule has 0 heterocycles. The molecule has 0 spiro atoms. The first kappa shape index (κ1) is 13.1. The Balaban J connectivity index is 1.87. The molecular formula is C17H16N4. The molecule has 0 saturated heterocycles. The van der Waals surface area contributed by atoms with E-state index in [0.29, 0.717) is 5.96 Å². The van der Waals surface area contributed by atoms with E-state index in [1.165, 1.54) is 10.8 Å². The zero-order chi connectivity index (χ0) is 14.5. The Hall–Kier alpha value is -2.85. The quantitative estimate of drug-likeness (QED) is 0.291. The molecule has 0 fully saturated rings. The number of hydrazine groups is 1. The van der Waals surface area contributed by atoms with Gasteiger partial charge in [-0.3, -0.25) is 5.43 Å². The van der Waals surface area contributed by atoms with Gasteiger partial charge in [0, 0.05) is 5.69 Å². The Bertz CT molecular complexity index is 766. The highest BCUT2D eigenvalue weighted by atomic mass is 15.3. The summed E-state index contributed by atoms with van der Waals surface area (Å²) in [4.78, 5) is 4.42. The maximum Gasteiger partial charge on any atom is 0.215 e. The minimum atomic E-state index is 0.497. The van der Waals surface area contributed by atoms with E-state index in [4.69, 9.17) is 5.84 Å². The highest BCUT2D eigenvalue weighted by Crippen LogP contribution is 2.19. The Morgan fingerprint density at radius 1 is 0.810 bits per heavy atom. The van der Waals surface area contributed by atoms with Gasteiger partial charge in [0.2, 0.25) is 5.96 Å². The first-order valence-corrected chi connectivity index (χ1v) is 6.71. The topological polar surface area (TPSA) is 62.4 Å². The maximum atomic E-state index is 5.54. The molecule has 3 rings (SSSR count). The number of aliphatic imine (C=N–C) groups is 1. The van der Waals surface area contributed by atoms with Gasteiger partial charge in [0.05, 0.1) is 5.69 Å². The molecule has 0 saturated carbocycles. The van der Waals surface area contributed by atoms with Crippen molar-refractivity contribution >= 4 is 28.1 Å². The SMILES string of the molecule is NNC(=Nc1ccccc1)Nc1ccc2ccccc2c1. The molecular weight excluding hydrogens is 260 g/mol. The Labute approximate surface area is 123 Å². The molecule has 21 heavy (non-hydrogen) atoms. The lowest BCUT2D eigenvalue weighted by molar-refractivity contribution is 1.02. The molecule has 3 aromatic carbocycles. The lowest BCUT2D eigenvalue weighted by Gasteiger charge is -2.10. The Morgan fingerprint density at radius 2 is 1.52 bits per heavy atom. The summed E-state index contributed by atoms with van der Waals surface area (Å²) in [5.41, 5.74) is 4.35. The van der Waals surface area contributed by atoms with Gasteiger partial charge in [-0.15, -0.1) is 0 Å². The lowest BCUT2D eigenvalue weighted by atomic mass is 10.1. The fourth-order valence-electron chi connectivity index (χ4n) is 2.13. The average molecular weight is 276 g/mol. The van der Waals surface area contributed by atoms with Crippen molar-refractivity contribution in [1.29, 1.82) is 0 Å². The van der Waals surface area contributed by atoms with Crippen LogP contribution in [0.5, 0.6) is 0 Å². The van der Waals surface area contributed by atoms with E-state index in [0.717, 1.165) is 11.4 Å². The van der Waals surface area contributed by atoms with Gasteiger partial charge in [-0.2, -0.15) is 0 Å². The third kappa shape index (κ3) is 3.19. The highest BCUT2D eigenvalue weighted by molar-refractivity contribution is 5.97. The number of hydrogen-bond donors (Lipinski definition) is 3. The number of nitrogens with one attached hydrogen (secondary N) is 2. The van der Waals surface area contributed by atoms with Crippen LogP contribution in [0.2, 0.25) is 0 Å². The van der Waals surface area contributed by atoms with Gasteiger partial charge in [0.1, 0.15) is 0 Å². The van der Waals surface area contributed by atoms with Gasteiger partial charge in [0.25, 0.3) is 0 Å². The van der Waals surface area contributed by atoms with E-state index < -0.39 is 0 Å². The van der Waals surface area contributed by atoms with E-state index in [2.05, 4.69) is 40.0 Å². The van der Waals surface area contributed by atoms with Crippen LogP contribution < -0.4 is 16.6 Å². The van der Waals surface area contributed by atoms with Gasteiger partial charge in [-0.25, -0.2) is 10.8 Å². The minimum Gasteiger partial charge on any atom is -0.325 e. The fourth-order valence-corrected chi connectivity index (χ4v) is 2.13. The fraction of sp³-hybridized carbons (Fsp3) is 0. The molecule has 0 unspecified atom stereocenters. The number of nitrogens with two attached hydrogens (primary N) is 1. The molecule has 4 N–H and O–H groups in total. The molecule has 0 atom stereocenters. The molecule has 0 radical (unpaired) electrons. The van der Waals surface area contributed by atoms with Crippen molar-refractivity contribution in [3.63, 3.8) is 0 Å². The van der Waals surface area contributed by atoms with E-state index in [9.17, 15) is 0 Å². The summed E-state index contributed by atoms with van der Waals surface area (Å²) < 4.78 is 0. The highest BCUT2D eigenvalue weighted by Gasteiger charge is 2.00. The summed E-state index contributed by atoms with van der Waals surface area (Å²) in [7, 11) is 0. The Kier molecular flexibility index (Phi) is 3.80. The van der Waals surface area contributed by atoms with Crippen LogP contribution in [-0.2, 0) is 0 Å². The minimum absolute atomic E-state index is 0.497. The number of fused-ring (bicyclic) bond motifs is 1. The number of benzene rings is 3. The van der Waals surface area contributed by atoms with Crippen LogP contribution >= 0.6 is 0 Å². The average Bonchev–Trinajstić information content (AvgIpc) is 2.55. The van der Waals surface area contributed by atoms with Crippen LogP contribution in [0, 0.1) is 0 Å². The molecule has 4 nitrogen and oxygen atoms in total. The second-order valence-corrected chi connectivity index (χ2v) is 4.63. The second kappa shape index (κ2) is 6.07. The summed E-state index contributed by atoms with van der Waals surface area (Å²) >= 11 is 0. The molecule has 104 valence electrons. The molecule has 0 amide bonds. The van der Waals surface area contributed by atoms with Crippen LogP contribution in [0.25, 0.3) is 10.8 Å². The van der Waals surface area contributed by atoms with Crippen molar-refractivity contribution in [2.75, 3.05) is 5.32 Å². The van der Waals surface area contributed by atoms with Crippen LogP contribution in [0.3, 0.4) is 0 Å². The van der Waals surface area contributed by atoms with Crippen molar-refractivity contribution in [1.82, 2.24) is 5.43 Å². The van der Waals surface area contributed by atoms with Crippen molar-refractivity contribution in [3.8, 4) is 0 Å². The van der Waals surface area contributed by atoms with E-state index >= 15 is 0 Å². The van der Waals surface area contributed by atoms with Gasteiger partial charge in [-0.05, 0) is 35.0 Å². The van der Waals surface area contributed by atoms with Crippen LogP contribution in [-0.4, -0.2) is 5.96 Å². The molecule has 0 aliphatic heterocycles. The summed E-state index contributed by atoms with van der Waals surface area (Å²) in [6.45, 7) is 0. The molecule has 0 aliphatic rings. The van der Waals surface area contributed by atoms with Gasteiger partial charge >= 0.3 is 0 Å². The number of nitrogens with zero attached hydrogens (tertiary/aromatic N) is 1. The lowest BCUT2D eigenvalue weighted by Crippen LogP contribution is -2.35. The first-order chi connectivity index (χ1) is 10.3. The van der Waals surface area contributed by atoms with Crippen LogP contribution in [0.15, 0.2) is 77.8 Å². The van der Waals surface area contributed by atoms with Crippen molar-refractivity contribution in [3.05, 3.63) is 72.8 Å². The molecule has 0 bridgehead atoms. The van der Waals surface area contributed by atoms with E-state index in [1.807, 2.05) is 48.5 Å². The summed E-state index contributed by atoms with van der Waals surface area (Å²) in [5.74, 6) is 6.03.